The lowest BCUT2D eigenvalue weighted by molar-refractivity contribution is -0.115. The fraction of sp³-hybridized carbons (Fsp3) is 0.381. The van der Waals surface area contributed by atoms with Crippen LogP contribution in [0, 0.1) is 6.92 Å². The van der Waals surface area contributed by atoms with Crippen molar-refractivity contribution in [2.24, 2.45) is 0 Å². The van der Waals surface area contributed by atoms with Crippen molar-refractivity contribution in [1.82, 2.24) is 20.3 Å². The normalized spacial score (nSPS) is 10.9. The first-order valence-electron chi connectivity index (χ1n) is 9.70. The molecule has 0 saturated carbocycles. The van der Waals surface area contributed by atoms with Crippen molar-refractivity contribution >= 4 is 17.8 Å². The molecule has 0 aliphatic heterocycles. The number of carbonyl (C=O) groups is 2. The second kappa shape index (κ2) is 10.6. The molecule has 2 rings (SSSR count). The maximum Gasteiger partial charge on any atom is 0.302 e. The van der Waals surface area contributed by atoms with Gasteiger partial charge in [-0.2, -0.15) is 13.8 Å². The molecule has 2 aromatic rings. The molecule has 0 saturated heterocycles. The van der Waals surface area contributed by atoms with Gasteiger partial charge in [-0.3, -0.25) is 14.9 Å². The zero-order valence-electron chi connectivity index (χ0n) is 18.3. The van der Waals surface area contributed by atoms with Gasteiger partial charge in [-0.15, -0.1) is 0 Å². The van der Waals surface area contributed by atoms with Crippen molar-refractivity contribution in [3.8, 4) is 11.8 Å². The van der Waals surface area contributed by atoms with E-state index in [2.05, 4.69) is 32.2 Å². The van der Waals surface area contributed by atoms with Gasteiger partial charge in [0.1, 0.15) is 5.69 Å². The van der Waals surface area contributed by atoms with E-state index in [-0.39, 0.29) is 47.8 Å². The lowest BCUT2D eigenvalue weighted by Crippen LogP contribution is -2.27. The van der Waals surface area contributed by atoms with E-state index >= 15 is 0 Å². The highest BCUT2D eigenvalue weighted by Gasteiger charge is 2.31. The zero-order valence-corrected chi connectivity index (χ0v) is 18.3. The van der Waals surface area contributed by atoms with E-state index in [1.807, 2.05) is 0 Å². The maximum atomic E-state index is 13.6. The molecule has 0 aliphatic rings. The number of halogens is 2. The molecule has 2 N–H and O–H groups in total. The molecule has 0 fully saturated rings. The summed E-state index contributed by atoms with van der Waals surface area (Å²) in [6.45, 7) is 6.92. The number of aryl methyl sites for hydroxylation is 1. The van der Waals surface area contributed by atoms with Crippen molar-refractivity contribution in [1.29, 1.82) is 0 Å². The Hall–Kier alpha value is -3.63. The van der Waals surface area contributed by atoms with Crippen LogP contribution >= 0.6 is 0 Å². The van der Waals surface area contributed by atoms with Crippen molar-refractivity contribution in [3.05, 3.63) is 47.3 Å². The number of methoxy groups -OCH3 is 1. The van der Waals surface area contributed by atoms with Crippen molar-refractivity contribution < 1.29 is 27.8 Å². The molecule has 0 radical (unpaired) electrons. The minimum atomic E-state index is -3.19. The highest BCUT2D eigenvalue weighted by Crippen LogP contribution is 2.25. The molecule has 0 atom stereocenters. The quantitative estimate of drug-likeness (QED) is 0.536. The minimum absolute atomic E-state index is 0.0247. The third-order valence-corrected chi connectivity index (χ3v) is 4.23. The minimum Gasteiger partial charge on any atom is -0.481 e. The monoisotopic (exact) mass is 449 g/mol. The van der Waals surface area contributed by atoms with Crippen LogP contribution in [0.2, 0.25) is 0 Å². The molecule has 32 heavy (non-hydrogen) atoms. The number of rotatable bonds is 10. The molecule has 2 aromatic heterocycles. The fourth-order valence-corrected chi connectivity index (χ4v) is 2.35. The highest BCUT2D eigenvalue weighted by molar-refractivity contribution is 5.93. The second-order valence-corrected chi connectivity index (χ2v) is 6.89. The third kappa shape index (κ3) is 6.69. The molecule has 2 amide bonds. The summed E-state index contributed by atoms with van der Waals surface area (Å²) >= 11 is 0. The van der Waals surface area contributed by atoms with Crippen LogP contribution in [-0.4, -0.2) is 46.4 Å². The number of alkyl halides is 2. The number of nitrogens with one attached hydrogen (secondary N) is 2. The fourth-order valence-electron chi connectivity index (χ4n) is 2.35. The van der Waals surface area contributed by atoms with Gasteiger partial charge in [0.15, 0.2) is 6.61 Å². The van der Waals surface area contributed by atoms with Crippen LogP contribution in [0.3, 0.4) is 0 Å². The summed E-state index contributed by atoms with van der Waals surface area (Å²) in [6, 6.07) is 4.41. The second-order valence-electron chi connectivity index (χ2n) is 6.89. The van der Waals surface area contributed by atoms with E-state index in [0.29, 0.717) is 11.3 Å². The maximum absolute atomic E-state index is 13.6. The van der Waals surface area contributed by atoms with Gasteiger partial charge in [-0.1, -0.05) is 13.5 Å². The molecular weight excluding hydrogens is 424 g/mol. The number of hydrogen-bond acceptors (Lipinski definition) is 7. The van der Waals surface area contributed by atoms with Crippen LogP contribution in [-0.2, 0) is 11.3 Å². The molecular formula is C21H25F2N5O4. The van der Waals surface area contributed by atoms with Gasteiger partial charge in [0.2, 0.25) is 23.6 Å². The molecule has 11 heteroatoms. The number of carbonyl (C=O) groups excluding carboxylic acids is 2. The van der Waals surface area contributed by atoms with Gasteiger partial charge in [0.05, 0.1) is 7.11 Å². The Kier molecular flexibility index (Phi) is 8.16. The van der Waals surface area contributed by atoms with Gasteiger partial charge in [0, 0.05) is 30.3 Å². The molecule has 9 nitrogen and oxygen atoms in total. The van der Waals surface area contributed by atoms with Gasteiger partial charge < -0.3 is 14.8 Å². The Bertz CT molecular complexity index is 1010. The topological polar surface area (TPSA) is 115 Å². The first-order chi connectivity index (χ1) is 15.1. The molecule has 0 bridgehead atoms. The molecule has 0 unspecified atom stereocenters. The van der Waals surface area contributed by atoms with E-state index < -0.39 is 18.4 Å². The van der Waals surface area contributed by atoms with E-state index in [9.17, 15) is 18.4 Å². The third-order valence-electron chi connectivity index (χ3n) is 4.23. The lowest BCUT2D eigenvalue weighted by Gasteiger charge is -2.17. The number of aromatic nitrogens is 3. The number of amides is 2. The number of pyridine rings is 1. The van der Waals surface area contributed by atoms with Gasteiger partial charge >= 0.3 is 5.92 Å². The number of anilines is 1. The Labute approximate surface area is 184 Å². The van der Waals surface area contributed by atoms with Crippen LogP contribution in [0.15, 0.2) is 30.4 Å². The molecule has 172 valence electrons. The summed E-state index contributed by atoms with van der Waals surface area (Å²) in [5.41, 5.74) is 0.744. The standard InChI is InChI=1S/C21H25F2N5O4/c1-6-16(29)27-20-25-13(4)9-15(26-20)18(30)24-10-14-7-8-17(28-19(14)31-5)32-11-21(22,23)12(2)3/h7-9H,2,6,10-11H2,1,3-5H3,(H,24,30)(H,25,26,27,29). The Morgan fingerprint density at radius 2 is 1.94 bits per heavy atom. The van der Waals surface area contributed by atoms with E-state index in [1.54, 1.807) is 19.9 Å². The van der Waals surface area contributed by atoms with Crippen molar-refractivity contribution in [2.45, 2.75) is 39.7 Å². The SMILES string of the molecule is C=C(C)C(F)(F)COc1ccc(CNC(=O)c2cc(C)nc(NC(=O)CC)n2)c(OC)n1. The van der Waals surface area contributed by atoms with Crippen molar-refractivity contribution in [2.75, 3.05) is 19.0 Å². The first kappa shape index (κ1) is 24.6. The highest BCUT2D eigenvalue weighted by atomic mass is 19.3. The van der Waals surface area contributed by atoms with Gasteiger partial charge in [-0.05, 0) is 31.6 Å². The Morgan fingerprint density at radius 3 is 2.56 bits per heavy atom. The number of hydrogen-bond donors (Lipinski definition) is 2. The average Bonchev–Trinajstić information content (AvgIpc) is 2.75. The smallest absolute Gasteiger partial charge is 0.302 e. The van der Waals surface area contributed by atoms with Crippen LogP contribution in [0.25, 0.3) is 0 Å². The first-order valence-corrected chi connectivity index (χ1v) is 9.70. The van der Waals surface area contributed by atoms with Crippen LogP contribution < -0.4 is 20.1 Å². The van der Waals surface area contributed by atoms with E-state index in [1.165, 1.54) is 26.2 Å². The lowest BCUT2D eigenvalue weighted by atomic mass is 10.2. The average molecular weight is 449 g/mol. The van der Waals surface area contributed by atoms with Crippen molar-refractivity contribution in [3.63, 3.8) is 0 Å². The summed E-state index contributed by atoms with van der Waals surface area (Å²) in [6.07, 6.45) is 0.246. The number of nitrogens with zero attached hydrogens (tertiary/aromatic N) is 3. The molecule has 0 spiro atoms. The summed E-state index contributed by atoms with van der Waals surface area (Å²) in [5.74, 6) is -3.88. The number of ether oxygens (including phenoxy) is 2. The Balaban J connectivity index is 2.07. The van der Waals surface area contributed by atoms with Gasteiger partial charge in [-0.25, -0.2) is 9.97 Å². The Morgan fingerprint density at radius 1 is 1.22 bits per heavy atom. The van der Waals surface area contributed by atoms with Crippen LogP contribution in [0.5, 0.6) is 11.8 Å². The molecule has 0 aromatic carbocycles. The van der Waals surface area contributed by atoms with Gasteiger partial charge in [0.25, 0.3) is 5.91 Å². The van der Waals surface area contributed by atoms with E-state index in [0.717, 1.165) is 0 Å². The van der Waals surface area contributed by atoms with E-state index in [4.69, 9.17) is 9.47 Å². The predicted molar refractivity (Wildman–Crippen MR) is 113 cm³/mol. The summed E-state index contributed by atoms with van der Waals surface area (Å²) in [4.78, 5) is 36.3. The molecule has 0 aliphatic carbocycles. The van der Waals surface area contributed by atoms with Crippen LogP contribution in [0.1, 0.15) is 42.0 Å². The van der Waals surface area contributed by atoms with Crippen LogP contribution in [0.4, 0.5) is 14.7 Å². The summed E-state index contributed by atoms with van der Waals surface area (Å²) in [5, 5.41) is 5.18. The predicted octanol–water partition coefficient (Wildman–Crippen LogP) is 3.06. The summed E-state index contributed by atoms with van der Waals surface area (Å²) < 4.78 is 37.5. The zero-order chi connectivity index (χ0) is 23.9. The largest absolute Gasteiger partial charge is 0.481 e. The summed E-state index contributed by atoms with van der Waals surface area (Å²) in [7, 11) is 1.36. The molecule has 2 heterocycles.